The molecule has 1 unspecified atom stereocenters. The van der Waals surface area contributed by atoms with Crippen molar-refractivity contribution in [1.29, 1.82) is 0 Å². The Morgan fingerprint density at radius 1 is 1.33 bits per heavy atom. The van der Waals surface area contributed by atoms with Gasteiger partial charge in [0.15, 0.2) is 6.29 Å². The molecule has 0 aliphatic rings. The number of rotatable bonds is 7. The molecular formula is C13H21NO. The molecule has 1 atom stereocenters. The van der Waals surface area contributed by atoms with Crippen LogP contribution in [0.3, 0.4) is 0 Å². The Morgan fingerprint density at radius 2 is 2.13 bits per heavy atom. The molecule has 2 heteroatoms. The van der Waals surface area contributed by atoms with Crippen molar-refractivity contribution in [2.24, 2.45) is 0 Å². The minimum absolute atomic E-state index is 0.505. The van der Waals surface area contributed by atoms with Crippen LogP contribution >= 0.6 is 0 Å². The van der Waals surface area contributed by atoms with Crippen LogP contribution in [0.15, 0.2) is 18.3 Å². The first-order valence-electron chi connectivity index (χ1n) is 5.95. The van der Waals surface area contributed by atoms with Gasteiger partial charge in [0.2, 0.25) is 0 Å². The smallest absolute Gasteiger partial charge is 0.166 e. The number of hydrogen-bond acceptors (Lipinski definition) is 1. The van der Waals surface area contributed by atoms with Crippen LogP contribution < -0.4 is 0 Å². The first kappa shape index (κ1) is 12.0. The lowest BCUT2D eigenvalue weighted by molar-refractivity contribution is 0.111. The third-order valence-electron chi connectivity index (χ3n) is 2.84. The van der Waals surface area contributed by atoms with Gasteiger partial charge in [-0.1, -0.05) is 33.1 Å². The minimum atomic E-state index is 0.505. The van der Waals surface area contributed by atoms with Gasteiger partial charge < -0.3 is 4.57 Å². The Labute approximate surface area is 92.3 Å². The maximum atomic E-state index is 10.9. The third-order valence-corrected chi connectivity index (χ3v) is 2.84. The highest BCUT2D eigenvalue weighted by Crippen LogP contribution is 2.22. The molecule has 0 aliphatic heterocycles. The molecule has 15 heavy (non-hydrogen) atoms. The van der Waals surface area contributed by atoms with Gasteiger partial charge in [0, 0.05) is 12.2 Å². The summed E-state index contributed by atoms with van der Waals surface area (Å²) in [6.45, 7) is 4.41. The van der Waals surface area contributed by atoms with Crippen LogP contribution in [-0.2, 0) is 0 Å². The van der Waals surface area contributed by atoms with E-state index in [1.54, 1.807) is 0 Å². The molecule has 1 aromatic rings. The van der Waals surface area contributed by atoms with E-state index in [1.165, 1.54) is 25.7 Å². The van der Waals surface area contributed by atoms with E-state index in [-0.39, 0.29) is 0 Å². The molecule has 0 aliphatic carbocycles. The number of hydrogen-bond donors (Lipinski definition) is 0. The van der Waals surface area contributed by atoms with Gasteiger partial charge in [0.1, 0.15) is 0 Å². The second-order valence-electron chi connectivity index (χ2n) is 4.04. The van der Waals surface area contributed by atoms with Crippen molar-refractivity contribution in [3.05, 3.63) is 24.0 Å². The molecule has 0 saturated heterocycles. The lowest BCUT2D eigenvalue weighted by atomic mass is 10.0. The molecule has 1 aromatic heterocycles. The predicted octanol–water partition coefficient (Wildman–Crippen LogP) is 3.83. The Morgan fingerprint density at radius 3 is 2.73 bits per heavy atom. The Balaban J connectivity index is 2.73. The van der Waals surface area contributed by atoms with E-state index >= 15 is 0 Å². The van der Waals surface area contributed by atoms with E-state index in [0.717, 1.165) is 18.4 Å². The van der Waals surface area contributed by atoms with E-state index in [4.69, 9.17) is 0 Å². The molecule has 0 spiro atoms. The largest absolute Gasteiger partial charge is 0.342 e. The molecule has 0 N–H and O–H groups in total. The van der Waals surface area contributed by atoms with E-state index in [2.05, 4.69) is 18.4 Å². The minimum Gasteiger partial charge on any atom is -0.342 e. The summed E-state index contributed by atoms with van der Waals surface area (Å²) in [5.74, 6) is 0. The maximum Gasteiger partial charge on any atom is 0.166 e. The van der Waals surface area contributed by atoms with Crippen molar-refractivity contribution >= 4 is 6.29 Å². The van der Waals surface area contributed by atoms with Crippen LogP contribution in [0.5, 0.6) is 0 Å². The monoisotopic (exact) mass is 207 g/mol. The van der Waals surface area contributed by atoms with Crippen molar-refractivity contribution in [2.75, 3.05) is 0 Å². The Bertz CT molecular complexity index is 290. The van der Waals surface area contributed by atoms with Crippen molar-refractivity contribution in [2.45, 2.75) is 52.0 Å². The first-order valence-corrected chi connectivity index (χ1v) is 5.95. The van der Waals surface area contributed by atoms with Crippen LogP contribution in [0.4, 0.5) is 0 Å². The van der Waals surface area contributed by atoms with Gasteiger partial charge in [0.05, 0.1) is 5.69 Å². The highest BCUT2D eigenvalue weighted by atomic mass is 16.1. The molecule has 0 amide bonds. The van der Waals surface area contributed by atoms with E-state index in [9.17, 15) is 4.79 Å². The summed E-state index contributed by atoms with van der Waals surface area (Å²) in [4.78, 5) is 10.9. The molecular weight excluding hydrogens is 186 g/mol. The lowest BCUT2D eigenvalue weighted by Crippen LogP contribution is -2.10. The summed E-state index contributed by atoms with van der Waals surface area (Å²) in [6.07, 6.45) is 8.95. The Kier molecular flexibility index (Phi) is 5.16. The fraction of sp³-hybridized carbons (Fsp3) is 0.615. The molecule has 0 aromatic carbocycles. The van der Waals surface area contributed by atoms with Crippen LogP contribution in [-0.4, -0.2) is 10.9 Å². The molecule has 1 rings (SSSR count). The lowest BCUT2D eigenvalue weighted by Gasteiger charge is -2.19. The first-order chi connectivity index (χ1) is 7.33. The van der Waals surface area contributed by atoms with Crippen LogP contribution in [0, 0.1) is 0 Å². The second kappa shape index (κ2) is 6.44. The number of nitrogens with zero attached hydrogens (tertiary/aromatic N) is 1. The van der Waals surface area contributed by atoms with Crippen molar-refractivity contribution in [1.82, 2.24) is 4.57 Å². The number of aromatic nitrogens is 1. The van der Waals surface area contributed by atoms with Crippen molar-refractivity contribution in [3.8, 4) is 0 Å². The normalized spacial score (nSPS) is 12.7. The highest BCUT2D eigenvalue weighted by Gasteiger charge is 2.11. The third kappa shape index (κ3) is 3.22. The molecule has 1 heterocycles. The van der Waals surface area contributed by atoms with Gasteiger partial charge in [-0.25, -0.2) is 0 Å². The number of carbonyl (C=O) groups is 1. The van der Waals surface area contributed by atoms with Gasteiger partial charge in [-0.15, -0.1) is 0 Å². The summed E-state index contributed by atoms with van der Waals surface area (Å²) in [5, 5.41) is 0. The molecule has 0 bridgehead atoms. The summed E-state index contributed by atoms with van der Waals surface area (Å²) < 4.78 is 2.13. The zero-order chi connectivity index (χ0) is 11.1. The summed E-state index contributed by atoms with van der Waals surface area (Å²) in [6, 6.07) is 4.35. The number of carbonyl (C=O) groups excluding carboxylic acids is 1. The van der Waals surface area contributed by atoms with E-state index in [1.807, 2.05) is 18.3 Å². The average Bonchev–Trinajstić information content (AvgIpc) is 2.72. The fourth-order valence-electron chi connectivity index (χ4n) is 2.03. The molecule has 0 fully saturated rings. The van der Waals surface area contributed by atoms with E-state index < -0.39 is 0 Å². The summed E-state index contributed by atoms with van der Waals surface area (Å²) in [5.41, 5.74) is 0.810. The van der Waals surface area contributed by atoms with Crippen LogP contribution in [0.2, 0.25) is 0 Å². The quantitative estimate of drug-likeness (QED) is 0.623. The maximum absolute atomic E-state index is 10.9. The van der Waals surface area contributed by atoms with Gasteiger partial charge in [-0.3, -0.25) is 4.79 Å². The molecule has 0 radical (unpaired) electrons. The molecule has 84 valence electrons. The SMILES string of the molecule is CCCCC(CCC)n1cccc1C=O. The van der Waals surface area contributed by atoms with Crippen molar-refractivity contribution in [3.63, 3.8) is 0 Å². The van der Waals surface area contributed by atoms with Crippen LogP contribution in [0.25, 0.3) is 0 Å². The molecule has 2 nitrogen and oxygen atoms in total. The zero-order valence-corrected chi connectivity index (χ0v) is 9.78. The topological polar surface area (TPSA) is 22.0 Å². The van der Waals surface area contributed by atoms with E-state index in [0.29, 0.717) is 6.04 Å². The summed E-state index contributed by atoms with van der Waals surface area (Å²) >= 11 is 0. The average molecular weight is 207 g/mol. The van der Waals surface area contributed by atoms with Gasteiger partial charge in [-0.2, -0.15) is 0 Å². The highest BCUT2D eigenvalue weighted by molar-refractivity contribution is 5.72. The predicted molar refractivity (Wildman–Crippen MR) is 63.3 cm³/mol. The number of unbranched alkanes of at least 4 members (excludes halogenated alkanes) is 1. The summed E-state index contributed by atoms with van der Waals surface area (Å²) in [7, 11) is 0. The van der Waals surface area contributed by atoms with Gasteiger partial charge in [-0.05, 0) is 25.0 Å². The standard InChI is InChI=1S/C13H21NO/c1-3-5-8-12(7-4-2)14-10-6-9-13(14)11-15/h6,9-12H,3-5,7-8H2,1-2H3. The van der Waals surface area contributed by atoms with Gasteiger partial charge >= 0.3 is 0 Å². The van der Waals surface area contributed by atoms with Crippen molar-refractivity contribution < 1.29 is 4.79 Å². The number of aldehydes is 1. The Hall–Kier alpha value is -1.05. The van der Waals surface area contributed by atoms with Gasteiger partial charge in [0.25, 0.3) is 0 Å². The fourth-order valence-corrected chi connectivity index (χ4v) is 2.03. The molecule has 0 saturated carbocycles. The second-order valence-corrected chi connectivity index (χ2v) is 4.04. The van der Waals surface area contributed by atoms with Crippen LogP contribution in [0.1, 0.15) is 62.5 Å². The zero-order valence-electron chi connectivity index (χ0n) is 9.78.